The minimum Gasteiger partial charge on any atom is -0.469 e. The third-order valence-corrected chi connectivity index (χ3v) is 5.87. The number of ether oxygens (including phenoxy) is 1. The molecule has 35 heavy (non-hydrogen) atoms. The van der Waals surface area contributed by atoms with Gasteiger partial charge in [-0.2, -0.15) is 5.10 Å². The van der Waals surface area contributed by atoms with Gasteiger partial charge in [0.2, 0.25) is 0 Å². The fraction of sp³-hybridized carbons (Fsp3) is 0.231. The SMILES string of the molecule is COC(=O)CCc1c(C)nn(-c2ccc(C(=O)NCc3ccc(-n4ccnc4)c(F)c3)cc2)c1C. The van der Waals surface area contributed by atoms with Gasteiger partial charge in [0.15, 0.2) is 0 Å². The lowest BCUT2D eigenvalue weighted by atomic mass is 10.1. The molecule has 9 heteroatoms. The lowest BCUT2D eigenvalue weighted by Gasteiger charge is -2.10. The second-order valence-corrected chi connectivity index (χ2v) is 8.12. The normalized spacial score (nSPS) is 10.9. The van der Waals surface area contributed by atoms with Gasteiger partial charge in [-0.3, -0.25) is 9.59 Å². The maximum atomic E-state index is 14.4. The van der Waals surface area contributed by atoms with E-state index in [9.17, 15) is 14.0 Å². The molecule has 0 aliphatic carbocycles. The molecule has 0 spiro atoms. The standard InChI is InChI=1S/C26H26FN5O3/c1-17-22(9-11-25(33)35-3)18(2)32(30-17)21-7-5-20(6-8-21)26(34)29-15-19-4-10-24(23(27)14-19)31-13-12-28-16-31/h4-8,10,12-14,16H,9,11,15H2,1-3H3,(H,29,34). The Balaban J connectivity index is 1.41. The van der Waals surface area contributed by atoms with Gasteiger partial charge in [-0.1, -0.05) is 6.07 Å². The Morgan fingerprint density at radius 2 is 1.89 bits per heavy atom. The lowest BCUT2D eigenvalue weighted by molar-refractivity contribution is -0.140. The maximum absolute atomic E-state index is 14.4. The number of aromatic nitrogens is 4. The van der Waals surface area contributed by atoms with Gasteiger partial charge in [-0.15, -0.1) is 0 Å². The van der Waals surface area contributed by atoms with Gasteiger partial charge < -0.3 is 14.6 Å². The van der Waals surface area contributed by atoms with Crippen LogP contribution < -0.4 is 5.32 Å². The van der Waals surface area contributed by atoms with E-state index in [0.29, 0.717) is 29.7 Å². The van der Waals surface area contributed by atoms with Crippen molar-refractivity contribution in [1.29, 1.82) is 0 Å². The quantitative estimate of drug-likeness (QED) is 0.391. The van der Waals surface area contributed by atoms with Crippen LogP contribution in [0.15, 0.2) is 61.2 Å². The average Bonchev–Trinajstić information content (AvgIpc) is 3.49. The van der Waals surface area contributed by atoms with E-state index in [4.69, 9.17) is 4.74 Å². The molecular weight excluding hydrogens is 449 g/mol. The molecule has 0 radical (unpaired) electrons. The second-order valence-electron chi connectivity index (χ2n) is 8.12. The van der Waals surface area contributed by atoms with E-state index in [0.717, 1.165) is 22.6 Å². The Morgan fingerprint density at radius 1 is 1.11 bits per heavy atom. The first-order valence-corrected chi connectivity index (χ1v) is 11.1. The van der Waals surface area contributed by atoms with E-state index in [-0.39, 0.29) is 18.4 Å². The molecule has 8 nitrogen and oxygen atoms in total. The molecule has 0 unspecified atom stereocenters. The molecular formula is C26H26FN5O3. The molecule has 0 bridgehead atoms. The van der Waals surface area contributed by atoms with Crippen LogP contribution in [0.3, 0.4) is 0 Å². The molecule has 0 aliphatic heterocycles. The van der Waals surface area contributed by atoms with Crippen LogP contribution in [0.2, 0.25) is 0 Å². The molecule has 0 aliphatic rings. The lowest BCUT2D eigenvalue weighted by Crippen LogP contribution is -2.22. The number of hydrogen-bond donors (Lipinski definition) is 1. The molecule has 1 N–H and O–H groups in total. The van der Waals surface area contributed by atoms with Crippen LogP contribution in [-0.2, 0) is 22.5 Å². The van der Waals surface area contributed by atoms with E-state index < -0.39 is 5.82 Å². The number of carbonyl (C=O) groups excluding carboxylic acids is 2. The zero-order valence-electron chi connectivity index (χ0n) is 19.8. The summed E-state index contributed by atoms with van der Waals surface area (Å²) in [5.74, 6) is -0.915. The molecule has 0 atom stereocenters. The van der Waals surface area contributed by atoms with Gasteiger partial charge >= 0.3 is 5.97 Å². The molecule has 0 saturated carbocycles. The molecule has 180 valence electrons. The van der Waals surface area contributed by atoms with Crippen molar-refractivity contribution in [2.45, 2.75) is 33.2 Å². The number of amides is 1. The van der Waals surface area contributed by atoms with Crippen LogP contribution in [0.5, 0.6) is 0 Å². The first-order chi connectivity index (χ1) is 16.9. The second kappa shape index (κ2) is 10.3. The van der Waals surface area contributed by atoms with E-state index in [1.165, 1.54) is 19.5 Å². The number of esters is 1. The van der Waals surface area contributed by atoms with Crippen molar-refractivity contribution < 1.29 is 18.7 Å². The number of methoxy groups -OCH3 is 1. The van der Waals surface area contributed by atoms with Gasteiger partial charge in [0.1, 0.15) is 5.82 Å². The summed E-state index contributed by atoms with van der Waals surface area (Å²) >= 11 is 0. The molecule has 2 heterocycles. The first kappa shape index (κ1) is 23.9. The number of aryl methyl sites for hydroxylation is 1. The number of nitrogens with one attached hydrogen (secondary N) is 1. The van der Waals surface area contributed by atoms with Gasteiger partial charge in [0.05, 0.1) is 30.5 Å². The van der Waals surface area contributed by atoms with Crippen LogP contribution in [0, 0.1) is 19.7 Å². The summed E-state index contributed by atoms with van der Waals surface area (Å²) in [6, 6.07) is 11.9. The van der Waals surface area contributed by atoms with E-state index >= 15 is 0 Å². The number of benzene rings is 2. The van der Waals surface area contributed by atoms with Crippen molar-refractivity contribution in [3.8, 4) is 11.4 Å². The fourth-order valence-corrected chi connectivity index (χ4v) is 3.93. The minimum atomic E-state index is -0.394. The van der Waals surface area contributed by atoms with Crippen LogP contribution in [0.25, 0.3) is 11.4 Å². The van der Waals surface area contributed by atoms with Crippen molar-refractivity contribution >= 4 is 11.9 Å². The highest BCUT2D eigenvalue weighted by atomic mass is 19.1. The third-order valence-electron chi connectivity index (χ3n) is 5.87. The highest BCUT2D eigenvalue weighted by Crippen LogP contribution is 2.20. The number of hydrogen-bond acceptors (Lipinski definition) is 5. The van der Waals surface area contributed by atoms with E-state index in [1.54, 1.807) is 45.9 Å². The Kier molecular flexibility index (Phi) is 7.05. The number of rotatable bonds is 8. The highest BCUT2D eigenvalue weighted by Gasteiger charge is 2.15. The summed E-state index contributed by atoms with van der Waals surface area (Å²) in [5, 5.41) is 7.41. The van der Waals surface area contributed by atoms with Crippen LogP contribution >= 0.6 is 0 Å². The molecule has 4 rings (SSSR count). The van der Waals surface area contributed by atoms with Crippen molar-refractivity contribution in [1.82, 2.24) is 24.6 Å². The molecule has 4 aromatic rings. The first-order valence-electron chi connectivity index (χ1n) is 11.1. The Labute approximate surface area is 202 Å². The topological polar surface area (TPSA) is 91.0 Å². The maximum Gasteiger partial charge on any atom is 0.305 e. The number of nitrogens with zero attached hydrogens (tertiary/aromatic N) is 4. The van der Waals surface area contributed by atoms with E-state index in [1.807, 2.05) is 26.0 Å². The zero-order chi connectivity index (χ0) is 24.9. The van der Waals surface area contributed by atoms with Gasteiger partial charge in [0.25, 0.3) is 5.91 Å². The monoisotopic (exact) mass is 475 g/mol. The Bertz CT molecular complexity index is 1340. The highest BCUT2D eigenvalue weighted by molar-refractivity contribution is 5.94. The predicted molar refractivity (Wildman–Crippen MR) is 128 cm³/mol. The fourth-order valence-electron chi connectivity index (χ4n) is 3.93. The molecule has 0 saturated heterocycles. The summed E-state index contributed by atoms with van der Waals surface area (Å²) in [6.07, 6.45) is 5.61. The molecule has 2 aromatic carbocycles. The molecule has 2 aromatic heterocycles. The van der Waals surface area contributed by atoms with Crippen molar-refractivity contribution in [2.24, 2.45) is 0 Å². The predicted octanol–water partition coefficient (Wildman–Crippen LogP) is 3.85. The van der Waals surface area contributed by atoms with Gasteiger partial charge in [-0.25, -0.2) is 14.1 Å². The van der Waals surface area contributed by atoms with Crippen molar-refractivity contribution in [3.63, 3.8) is 0 Å². The summed E-state index contributed by atoms with van der Waals surface area (Å²) in [7, 11) is 1.38. The number of halogens is 1. The summed E-state index contributed by atoms with van der Waals surface area (Å²) in [4.78, 5) is 28.0. The Morgan fingerprint density at radius 3 is 2.54 bits per heavy atom. The zero-order valence-corrected chi connectivity index (χ0v) is 19.8. The van der Waals surface area contributed by atoms with Gasteiger partial charge in [-0.05, 0) is 67.8 Å². The van der Waals surface area contributed by atoms with Crippen molar-refractivity contribution in [3.05, 3.63) is 95.1 Å². The van der Waals surface area contributed by atoms with Crippen molar-refractivity contribution in [2.75, 3.05) is 7.11 Å². The smallest absolute Gasteiger partial charge is 0.305 e. The summed E-state index contributed by atoms with van der Waals surface area (Å²) < 4.78 is 22.6. The number of imidazole rings is 1. The number of carbonyl (C=O) groups is 2. The van der Waals surface area contributed by atoms with Crippen LogP contribution in [0.1, 0.15) is 39.3 Å². The summed E-state index contributed by atoms with van der Waals surface area (Å²) in [5.41, 5.74) is 5.12. The average molecular weight is 476 g/mol. The van der Waals surface area contributed by atoms with Gasteiger partial charge in [0, 0.05) is 36.6 Å². The largest absolute Gasteiger partial charge is 0.469 e. The Hall–Kier alpha value is -4.27. The third kappa shape index (κ3) is 5.29. The van der Waals surface area contributed by atoms with E-state index in [2.05, 4.69) is 15.4 Å². The minimum absolute atomic E-state index is 0.197. The molecule has 0 fully saturated rings. The summed E-state index contributed by atoms with van der Waals surface area (Å²) in [6.45, 7) is 4.05. The van der Waals surface area contributed by atoms with Crippen LogP contribution in [0.4, 0.5) is 4.39 Å². The molecule has 1 amide bonds. The van der Waals surface area contributed by atoms with Crippen LogP contribution in [-0.4, -0.2) is 38.3 Å².